The molecule has 1 aliphatic carbocycles. The fourth-order valence-electron chi connectivity index (χ4n) is 4.80. The van der Waals surface area contributed by atoms with E-state index in [9.17, 15) is 9.50 Å². The molecule has 0 bridgehead atoms. The van der Waals surface area contributed by atoms with E-state index in [-0.39, 0.29) is 5.82 Å². The third kappa shape index (κ3) is 4.01. The number of pyridine rings is 2. The maximum absolute atomic E-state index is 13.5. The first-order chi connectivity index (χ1) is 18.1. The van der Waals surface area contributed by atoms with Gasteiger partial charge in [0, 0.05) is 45.7 Å². The number of benzene rings is 2. The minimum Gasteiger partial charge on any atom is -0.374 e. The van der Waals surface area contributed by atoms with Crippen molar-refractivity contribution in [3.63, 3.8) is 0 Å². The van der Waals surface area contributed by atoms with Crippen molar-refractivity contribution in [3.05, 3.63) is 85.1 Å². The summed E-state index contributed by atoms with van der Waals surface area (Å²) < 4.78 is 13.5. The number of nitrogens with one attached hydrogen (secondary N) is 3. The maximum atomic E-state index is 13.5. The van der Waals surface area contributed by atoms with Gasteiger partial charge in [0.1, 0.15) is 17.7 Å². The van der Waals surface area contributed by atoms with Crippen molar-refractivity contribution in [2.45, 2.75) is 19.1 Å². The lowest BCUT2D eigenvalue weighted by atomic mass is 10.0. The molecule has 8 heteroatoms. The zero-order valence-corrected chi connectivity index (χ0v) is 19.7. The van der Waals surface area contributed by atoms with Crippen LogP contribution in [-0.2, 0) is 0 Å². The highest BCUT2D eigenvalue weighted by atomic mass is 19.1. The van der Waals surface area contributed by atoms with Crippen molar-refractivity contribution < 1.29 is 9.50 Å². The monoisotopic (exact) mass is 490 g/mol. The van der Waals surface area contributed by atoms with Gasteiger partial charge in [0.05, 0.1) is 28.8 Å². The molecule has 1 unspecified atom stereocenters. The van der Waals surface area contributed by atoms with Crippen LogP contribution in [0.25, 0.3) is 55.6 Å². The van der Waals surface area contributed by atoms with Crippen LogP contribution in [-0.4, -0.2) is 36.5 Å². The summed E-state index contributed by atoms with van der Waals surface area (Å²) in [6.07, 6.45) is 6.85. The number of rotatable bonds is 6. The van der Waals surface area contributed by atoms with E-state index in [2.05, 4.69) is 36.5 Å². The number of halogens is 1. The van der Waals surface area contributed by atoms with Crippen molar-refractivity contribution in [3.8, 4) is 33.8 Å². The molecule has 0 amide bonds. The van der Waals surface area contributed by atoms with E-state index in [4.69, 9.17) is 0 Å². The molecule has 182 valence electrons. The number of aromatic amines is 2. The Balaban J connectivity index is 1.27. The van der Waals surface area contributed by atoms with Crippen molar-refractivity contribution in [1.29, 1.82) is 0 Å². The minimum absolute atomic E-state index is 0.278. The van der Waals surface area contributed by atoms with E-state index in [0.29, 0.717) is 5.92 Å². The molecule has 4 aromatic heterocycles. The first-order valence-electron chi connectivity index (χ1n) is 12.2. The van der Waals surface area contributed by atoms with Crippen molar-refractivity contribution >= 4 is 27.5 Å². The Morgan fingerprint density at radius 2 is 1.68 bits per heavy atom. The lowest BCUT2D eigenvalue weighted by molar-refractivity contribution is 0.180. The first-order valence-corrected chi connectivity index (χ1v) is 12.2. The van der Waals surface area contributed by atoms with E-state index >= 15 is 0 Å². The normalized spacial score (nSPS) is 14.3. The molecule has 0 aliphatic heterocycles. The first kappa shape index (κ1) is 21.7. The third-order valence-corrected chi connectivity index (χ3v) is 6.94. The van der Waals surface area contributed by atoms with Crippen LogP contribution in [0, 0.1) is 11.7 Å². The molecular formula is C29H23FN6O. The minimum atomic E-state index is -0.545. The van der Waals surface area contributed by atoms with Gasteiger partial charge in [-0.25, -0.2) is 4.39 Å². The van der Waals surface area contributed by atoms with E-state index in [0.717, 1.165) is 74.1 Å². The standard InChI is InChI=1S/C29H23FN6O/c30-20-6-3-16(4-7-20)27-23-13-26(34-24(23)9-10-32-27)28-22-12-18(5-8-25(22)35-36-28)19-11-21(15-31-14-19)33-29(37)17-1-2-17/h3-15,17,29,33-34,37H,1-2H2,(H,35,36). The van der Waals surface area contributed by atoms with Gasteiger partial charge < -0.3 is 15.4 Å². The largest absolute Gasteiger partial charge is 0.374 e. The molecule has 2 aromatic carbocycles. The second kappa shape index (κ2) is 8.53. The highest BCUT2D eigenvalue weighted by Crippen LogP contribution is 2.36. The van der Waals surface area contributed by atoms with Crippen LogP contribution in [0.3, 0.4) is 0 Å². The number of aromatic nitrogens is 5. The molecule has 7 nitrogen and oxygen atoms in total. The van der Waals surface area contributed by atoms with Gasteiger partial charge in [-0.3, -0.25) is 15.1 Å². The SMILES string of the molecule is OC(Nc1cncc(-c2ccc3[nH]nc(-c4cc5c(-c6ccc(F)cc6)nccc5[nH]4)c3c2)c1)C1CC1. The Hall–Kier alpha value is -4.56. The molecule has 0 radical (unpaired) electrons. The molecule has 4 heterocycles. The molecule has 0 saturated heterocycles. The highest BCUT2D eigenvalue weighted by Gasteiger charge is 2.29. The van der Waals surface area contributed by atoms with Crippen LogP contribution in [0.4, 0.5) is 10.1 Å². The summed E-state index contributed by atoms with van der Waals surface area (Å²) in [7, 11) is 0. The smallest absolute Gasteiger partial charge is 0.127 e. The van der Waals surface area contributed by atoms with E-state index < -0.39 is 6.23 Å². The summed E-state index contributed by atoms with van der Waals surface area (Å²) in [5.41, 5.74) is 7.86. The average Bonchev–Trinajstić information content (AvgIpc) is 3.55. The van der Waals surface area contributed by atoms with Gasteiger partial charge in [-0.2, -0.15) is 5.10 Å². The molecular weight excluding hydrogens is 467 g/mol. The van der Waals surface area contributed by atoms with Gasteiger partial charge in [0.25, 0.3) is 0 Å². The molecule has 4 N–H and O–H groups in total. The molecule has 1 atom stereocenters. The molecule has 1 aliphatic rings. The van der Waals surface area contributed by atoms with Gasteiger partial charge in [-0.1, -0.05) is 6.07 Å². The second-order valence-electron chi connectivity index (χ2n) is 9.53. The highest BCUT2D eigenvalue weighted by molar-refractivity contribution is 6.00. The van der Waals surface area contributed by atoms with Crippen LogP contribution in [0.1, 0.15) is 12.8 Å². The zero-order chi connectivity index (χ0) is 24.9. The van der Waals surface area contributed by atoms with Crippen LogP contribution in [0.2, 0.25) is 0 Å². The van der Waals surface area contributed by atoms with Gasteiger partial charge in [0.15, 0.2) is 0 Å². The molecule has 7 rings (SSSR count). The Labute approximate surface area is 211 Å². The number of fused-ring (bicyclic) bond motifs is 2. The molecule has 0 spiro atoms. The van der Waals surface area contributed by atoms with E-state index in [1.807, 2.05) is 36.5 Å². The molecule has 6 aromatic rings. The van der Waals surface area contributed by atoms with Crippen molar-refractivity contribution in [2.24, 2.45) is 5.92 Å². The number of H-pyrrole nitrogens is 2. The van der Waals surface area contributed by atoms with Crippen LogP contribution in [0.5, 0.6) is 0 Å². The van der Waals surface area contributed by atoms with Crippen LogP contribution in [0.15, 0.2) is 79.3 Å². The van der Waals surface area contributed by atoms with E-state index in [1.54, 1.807) is 24.5 Å². The number of nitrogens with zero attached hydrogens (tertiary/aromatic N) is 3. The lowest BCUT2D eigenvalue weighted by Gasteiger charge is -2.13. The lowest BCUT2D eigenvalue weighted by Crippen LogP contribution is -2.20. The summed E-state index contributed by atoms with van der Waals surface area (Å²) >= 11 is 0. The van der Waals surface area contributed by atoms with Crippen molar-refractivity contribution in [1.82, 2.24) is 25.1 Å². The van der Waals surface area contributed by atoms with Gasteiger partial charge in [0.2, 0.25) is 0 Å². The number of anilines is 1. The Bertz CT molecular complexity index is 1750. The fourth-order valence-corrected chi connectivity index (χ4v) is 4.80. The van der Waals surface area contributed by atoms with E-state index in [1.165, 1.54) is 12.1 Å². The summed E-state index contributed by atoms with van der Waals surface area (Å²) in [6, 6.07) is 18.5. The van der Waals surface area contributed by atoms with Crippen LogP contribution >= 0.6 is 0 Å². The predicted molar refractivity (Wildman–Crippen MR) is 142 cm³/mol. The zero-order valence-electron chi connectivity index (χ0n) is 19.7. The Kier molecular flexibility index (Phi) is 5.00. The van der Waals surface area contributed by atoms with Gasteiger partial charge >= 0.3 is 0 Å². The summed E-state index contributed by atoms with van der Waals surface area (Å²) in [5.74, 6) is 0.0451. The van der Waals surface area contributed by atoms with Gasteiger partial charge in [-0.05, 0) is 73.0 Å². The Morgan fingerprint density at radius 3 is 2.51 bits per heavy atom. The average molecular weight is 491 g/mol. The molecule has 37 heavy (non-hydrogen) atoms. The quantitative estimate of drug-likeness (QED) is 0.211. The predicted octanol–water partition coefficient (Wildman–Crippen LogP) is 6.11. The Morgan fingerprint density at radius 1 is 0.865 bits per heavy atom. The number of hydrogen-bond donors (Lipinski definition) is 4. The number of aliphatic hydroxyl groups is 1. The topological polar surface area (TPSA) is 103 Å². The fraction of sp³-hybridized carbons (Fsp3) is 0.138. The van der Waals surface area contributed by atoms with Crippen molar-refractivity contribution in [2.75, 3.05) is 5.32 Å². The second-order valence-corrected chi connectivity index (χ2v) is 9.53. The molecule has 1 saturated carbocycles. The summed E-state index contributed by atoms with van der Waals surface area (Å²) in [6.45, 7) is 0. The summed E-state index contributed by atoms with van der Waals surface area (Å²) in [5, 5.41) is 23.1. The number of hydrogen-bond acceptors (Lipinski definition) is 5. The molecule has 1 fully saturated rings. The number of aliphatic hydroxyl groups excluding tert-OH is 1. The third-order valence-electron chi connectivity index (χ3n) is 6.94. The summed E-state index contributed by atoms with van der Waals surface area (Å²) in [4.78, 5) is 12.4. The maximum Gasteiger partial charge on any atom is 0.127 e. The van der Waals surface area contributed by atoms with Crippen LogP contribution < -0.4 is 5.32 Å². The van der Waals surface area contributed by atoms with Gasteiger partial charge in [-0.15, -0.1) is 0 Å².